The number of aromatic nitrogens is 2. The molecule has 116 valence electrons. The van der Waals surface area contributed by atoms with E-state index in [0.717, 1.165) is 0 Å². The number of carbonyl (C=O) groups excluding carboxylic acids is 1. The van der Waals surface area contributed by atoms with Crippen LogP contribution in [0.25, 0.3) is 0 Å². The number of benzene rings is 1. The molecule has 0 radical (unpaired) electrons. The number of nitrogens with zero attached hydrogens (tertiary/aromatic N) is 2. The zero-order chi connectivity index (χ0) is 15.9. The molecule has 1 aromatic carbocycles. The molecule has 1 aromatic heterocycles. The van der Waals surface area contributed by atoms with E-state index in [9.17, 15) is 4.79 Å². The fraction of sp³-hybridized carbons (Fsp3) is 0.267. The van der Waals surface area contributed by atoms with E-state index in [0.29, 0.717) is 11.0 Å². The average molecular weight is 367 g/mol. The second-order valence-electron chi connectivity index (χ2n) is 4.13. The molecule has 0 N–H and O–H groups in total. The minimum atomic E-state index is -0.515. The first kappa shape index (κ1) is 16.3. The number of carbonyl (C=O) groups is 1. The van der Waals surface area contributed by atoms with Gasteiger partial charge in [0.15, 0.2) is 0 Å². The van der Waals surface area contributed by atoms with Gasteiger partial charge in [-0.15, -0.1) is 0 Å². The van der Waals surface area contributed by atoms with Crippen molar-refractivity contribution in [2.75, 3.05) is 21.3 Å². The molecule has 22 heavy (non-hydrogen) atoms. The molecule has 0 aliphatic rings. The molecular weight excluding hydrogens is 351 g/mol. The Balaban J connectivity index is 2.36. The van der Waals surface area contributed by atoms with E-state index in [-0.39, 0.29) is 32.4 Å². The predicted octanol–water partition coefficient (Wildman–Crippen LogP) is 0.810. The predicted molar refractivity (Wildman–Crippen MR) is 82.0 cm³/mol. The molecule has 0 spiro atoms. The molecule has 0 bridgehead atoms. The Kier molecular flexibility index (Phi) is 5.75. The van der Waals surface area contributed by atoms with Gasteiger partial charge in [0.05, 0.1) is 0 Å². The number of rotatable bonds is 6. The first-order chi connectivity index (χ1) is 10.7. The van der Waals surface area contributed by atoms with E-state index in [1.165, 1.54) is 25.8 Å². The van der Waals surface area contributed by atoms with Gasteiger partial charge in [-0.1, -0.05) is 0 Å². The number of methoxy groups -OCH3 is 3. The zero-order valence-corrected chi connectivity index (χ0v) is 14.2. The van der Waals surface area contributed by atoms with Crippen LogP contribution in [0.15, 0.2) is 30.3 Å². The third-order valence-corrected chi connectivity index (χ3v) is 4.96. The van der Waals surface area contributed by atoms with E-state index in [4.69, 9.17) is 14.2 Å². The van der Waals surface area contributed by atoms with Crippen LogP contribution >= 0.6 is 0 Å². The molecule has 2 rings (SSSR count). The second-order valence-corrected chi connectivity index (χ2v) is 6.33. The van der Waals surface area contributed by atoms with Crippen LogP contribution in [-0.2, 0) is 10.1 Å². The van der Waals surface area contributed by atoms with E-state index in [1.54, 1.807) is 0 Å². The molecule has 0 atom stereocenters. The number of ether oxygens (including phenoxy) is 3. The summed E-state index contributed by atoms with van der Waals surface area (Å²) >= 11 is 0.119. The maximum atomic E-state index is 12.0. The van der Waals surface area contributed by atoms with E-state index < -0.39 is 5.97 Å². The summed E-state index contributed by atoms with van der Waals surface area (Å²) in [6.07, 6.45) is 0. The van der Waals surface area contributed by atoms with Crippen molar-refractivity contribution >= 4 is 25.4 Å². The van der Waals surface area contributed by atoms with Crippen molar-refractivity contribution in [1.29, 1.82) is 0 Å². The van der Waals surface area contributed by atoms with Crippen molar-refractivity contribution in [2.45, 2.75) is 5.32 Å². The average Bonchev–Trinajstić information content (AvgIpc) is 2.59. The van der Waals surface area contributed by atoms with Gasteiger partial charge < -0.3 is 0 Å². The summed E-state index contributed by atoms with van der Waals surface area (Å²) in [7, 11) is 4.23. The Morgan fingerprint density at radius 3 is 2.41 bits per heavy atom. The van der Waals surface area contributed by atoms with Crippen LogP contribution < -0.4 is 13.9 Å². The molecule has 0 unspecified atom stereocenters. The summed E-state index contributed by atoms with van der Waals surface area (Å²) in [5, 5.41) is 0.608. The van der Waals surface area contributed by atoms with E-state index >= 15 is 0 Å². The summed E-state index contributed by atoms with van der Waals surface area (Å²) in [6.45, 7) is 0. The van der Waals surface area contributed by atoms with Crippen LogP contribution in [0.2, 0.25) is 0 Å². The molecule has 6 nitrogen and oxygen atoms in total. The van der Waals surface area contributed by atoms with Crippen molar-refractivity contribution in [2.24, 2.45) is 0 Å². The number of esters is 1. The molecule has 0 saturated heterocycles. The topological polar surface area (TPSA) is 70.5 Å². The number of hydrogen-bond donors (Lipinski definition) is 0. The Morgan fingerprint density at radius 1 is 1.09 bits per heavy atom. The first-order valence-corrected chi connectivity index (χ1v) is 8.51. The van der Waals surface area contributed by atoms with Crippen LogP contribution in [0.4, 0.5) is 0 Å². The molecule has 7 heteroatoms. The van der Waals surface area contributed by atoms with Crippen molar-refractivity contribution in [3.05, 3.63) is 41.6 Å². The number of hydrogen-bond acceptors (Lipinski definition) is 6. The Bertz CT molecular complexity index is 649. The van der Waals surface area contributed by atoms with Crippen LogP contribution in [0.5, 0.6) is 11.9 Å². The molecule has 0 aliphatic heterocycles. The molecule has 1 heterocycles. The van der Waals surface area contributed by atoms with Gasteiger partial charge in [-0.25, -0.2) is 0 Å². The molecule has 0 aliphatic carbocycles. The zero-order valence-electron chi connectivity index (χ0n) is 12.5. The fourth-order valence-corrected chi connectivity index (χ4v) is 3.59. The van der Waals surface area contributed by atoms with Crippen LogP contribution in [-0.4, -0.2) is 52.2 Å². The SMILES string of the molecule is COC(=O)c1c(C[Se]c2ccccc2)nc(OC)nc1OC. The standard InChI is InChI=1S/C15H16N2O4Se/c1-19-13-12(14(18)20-2)11(16-15(17-13)21-3)9-22-10-7-5-4-6-8-10/h4-8H,9H2,1-3H3. The van der Waals surface area contributed by atoms with Gasteiger partial charge in [-0.05, 0) is 0 Å². The van der Waals surface area contributed by atoms with Crippen molar-refractivity contribution in [3.63, 3.8) is 0 Å². The van der Waals surface area contributed by atoms with Crippen molar-refractivity contribution < 1.29 is 19.0 Å². The van der Waals surface area contributed by atoms with Crippen LogP contribution in [0, 0.1) is 0 Å². The van der Waals surface area contributed by atoms with Gasteiger partial charge in [-0.2, -0.15) is 0 Å². The first-order valence-electron chi connectivity index (χ1n) is 6.44. The molecule has 0 fully saturated rings. The Hall–Kier alpha value is -2.11. The van der Waals surface area contributed by atoms with Crippen LogP contribution in [0.3, 0.4) is 0 Å². The summed E-state index contributed by atoms with van der Waals surface area (Å²) in [5.41, 5.74) is 0.822. The maximum absolute atomic E-state index is 12.0. The van der Waals surface area contributed by atoms with Gasteiger partial charge in [0, 0.05) is 0 Å². The van der Waals surface area contributed by atoms with Gasteiger partial charge in [-0.3, -0.25) is 0 Å². The van der Waals surface area contributed by atoms with Gasteiger partial charge in [0.1, 0.15) is 0 Å². The minimum absolute atomic E-state index is 0.119. The molecule has 0 saturated carbocycles. The Labute approximate surface area is 135 Å². The van der Waals surface area contributed by atoms with E-state index in [2.05, 4.69) is 9.97 Å². The van der Waals surface area contributed by atoms with Gasteiger partial charge in [0.2, 0.25) is 0 Å². The molecule has 2 aromatic rings. The quantitative estimate of drug-likeness (QED) is 0.556. The molecule has 0 amide bonds. The van der Waals surface area contributed by atoms with Gasteiger partial charge in [0.25, 0.3) is 0 Å². The summed E-state index contributed by atoms with van der Waals surface area (Å²) < 4.78 is 16.3. The van der Waals surface area contributed by atoms with Crippen molar-refractivity contribution in [1.82, 2.24) is 9.97 Å². The monoisotopic (exact) mass is 368 g/mol. The van der Waals surface area contributed by atoms with E-state index in [1.807, 2.05) is 30.3 Å². The van der Waals surface area contributed by atoms with Crippen LogP contribution in [0.1, 0.15) is 16.1 Å². The molecular formula is C15H16N2O4Se. The third-order valence-electron chi connectivity index (χ3n) is 2.81. The fourth-order valence-electron chi connectivity index (χ4n) is 1.78. The summed E-state index contributed by atoms with van der Waals surface area (Å²) in [5.74, 6) is -0.351. The summed E-state index contributed by atoms with van der Waals surface area (Å²) in [4.78, 5) is 20.3. The summed E-state index contributed by atoms with van der Waals surface area (Å²) in [6, 6.07) is 10.2. The van der Waals surface area contributed by atoms with Crippen molar-refractivity contribution in [3.8, 4) is 11.9 Å². The normalized spacial score (nSPS) is 10.1. The Morgan fingerprint density at radius 2 is 1.82 bits per heavy atom. The third kappa shape index (κ3) is 3.75. The van der Waals surface area contributed by atoms with Gasteiger partial charge >= 0.3 is 134 Å². The second kappa shape index (κ2) is 7.77.